The maximum absolute atomic E-state index is 12.3. The lowest BCUT2D eigenvalue weighted by atomic mass is 9.55. The predicted octanol–water partition coefficient (Wildman–Crippen LogP) is 2.21. The first-order valence-corrected chi connectivity index (χ1v) is 8.31. The highest BCUT2D eigenvalue weighted by Gasteiger charge is 2.58. The summed E-state index contributed by atoms with van der Waals surface area (Å²) in [5.74, 6) is 0.607. The number of carbonyl (C=O) groups excluding carboxylic acids is 1. The van der Waals surface area contributed by atoms with Gasteiger partial charge >= 0.3 is 0 Å². The second kappa shape index (κ2) is 5.69. The number of aryl methyl sites for hydroxylation is 3. The van der Waals surface area contributed by atoms with Gasteiger partial charge in [0.15, 0.2) is 0 Å². The van der Waals surface area contributed by atoms with Crippen LogP contribution in [0.3, 0.4) is 0 Å². The number of ether oxygens (including phenoxy) is 1. The molecule has 1 aliphatic carbocycles. The molecule has 1 amide bonds. The second-order valence-corrected chi connectivity index (χ2v) is 7.36. The molecule has 1 aliphatic heterocycles. The molecule has 22 heavy (non-hydrogen) atoms. The van der Waals surface area contributed by atoms with Crippen molar-refractivity contribution in [3.63, 3.8) is 0 Å². The van der Waals surface area contributed by atoms with Crippen molar-refractivity contribution in [3.05, 3.63) is 17.5 Å². The molecule has 2 aliphatic rings. The van der Waals surface area contributed by atoms with E-state index in [1.807, 2.05) is 24.6 Å². The van der Waals surface area contributed by atoms with Crippen molar-refractivity contribution in [2.75, 3.05) is 6.61 Å². The molecular weight excluding hydrogens is 278 g/mol. The Labute approximate surface area is 132 Å². The third kappa shape index (κ3) is 2.67. The molecule has 0 bridgehead atoms. The van der Waals surface area contributed by atoms with Crippen molar-refractivity contribution < 1.29 is 9.53 Å². The van der Waals surface area contributed by atoms with Gasteiger partial charge in [0.05, 0.1) is 11.8 Å². The minimum atomic E-state index is 0.0406. The average Bonchev–Trinajstić information content (AvgIpc) is 2.80. The molecule has 0 spiro atoms. The van der Waals surface area contributed by atoms with Gasteiger partial charge in [-0.1, -0.05) is 13.8 Å². The Bertz CT molecular complexity index is 564. The highest BCUT2D eigenvalue weighted by Crippen LogP contribution is 2.51. The van der Waals surface area contributed by atoms with Gasteiger partial charge in [0.1, 0.15) is 0 Å². The first-order chi connectivity index (χ1) is 10.4. The van der Waals surface area contributed by atoms with Gasteiger partial charge in [-0.15, -0.1) is 0 Å². The standard InChI is InChI=1S/C17H27N3O2/c1-11-10-12(2)20(19-11)8-7-14(21)18-15-13-6-5-9-22-16(13)17(15,3)4/h10,13,15-16H,5-9H2,1-4H3,(H,18,21)/t13-,15-,16+/m1/s1. The van der Waals surface area contributed by atoms with E-state index in [1.54, 1.807) is 0 Å². The molecule has 2 fully saturated rings. The molecule has 1 aromatic rings. The number of hydrogen-bond donors (Lipinski definition) is 1. The molecule has 0 unspecified atom stereocenters. The predicted molar refractivity (Wildman–Crippen MR) is 84.5 cm³/mol. The van der Waals surface area contributed by atoms with Crippen LogP contribution in [0.1, 0.15) is 44.5 Å². The number of rotatable bonds is 4. The fourth-order valence-corrected chi connectivity index (χ4v) is 4.17. The fourth-order valence-electron chi connectivity index (χ4n) is 4.17. The molecule has 1 saturated carbocycles. The number of fused-ring (bicyclic) bond motifs is 1. The summed E-state index contributed by atoms with van der Waals surface area (Å²) in [7, 11) is 0. The van der Waals surface area contributed by atoms with Crippen molar-refractivity contribution in [3.8, 4) is 0 Å². The Morgan fingerprint density at radius 3 is 2.95 bits per heavy atom. The number of amides is 1. The summed E-state index contributed by atoms with van der Waals surface area (Å²) in [6, 6.07) is 2.28. The van der Waals surface area contributed by atoms with Crippen LogP contribution in [-0.4, -0.2) is 34.4 Å². The maximum atomic E-state index is 12.3. The van der Waals surface area contributed by atoms with Gasteiger partial charge in [-0.25, -0.2) is 0 Å². The topological polar surface area (TPSA) is 56.2 Å². The van der Waals surface area contributed by atoms with E-state index in [4.69, 9.17) is 4.74 Å². The summed E-state index contributed by atoms with van der Waals surface area (Å²) < 4.78 is 7.80. The molecule has 5 heteroatoms. The van der Waals surface area contributed by atoms with Crippen LogP contribution in [-0.2, 0) is 16.1 Å². The number of carbonyl (C=O) groups is 1. The van der Waals surface area contributed by atoms with Gasteiger partial charge in [0.25, 0.3) is 0 Å². The SMILES string of the molecule is Cc1cc(C)n(CCC(=O)N[C@@H]2[C@H]3CCCO[C@@H]3C2(C)C)n1. The second-order valence-electron chi connectivity index (χ2n) is 7.36. The van der Waals surface area contributed by atoms with Crippen molar-refractivity contribution in [1.82, 2.24) is 15.1 Å². The van der Waals surface area contributed by atoms with Crippen LogP contribution >= 0.6 is 0 Å². The Hall–Kier alpha value is -1.36. The van der Waals surface area contributed by atoms with Gasteiger partial charge in [0, 0.05) is 42.6 Å². The lowest BCUT2D eigenvalue weighted by Crippen LogP contribution is -2.70. The first kappa shape index (κ1) is 15.5. The van der Waals surface area contributed by atoms with E-state index in [0.717, 1.165) is 30.8 Å². The average molecular weight is 305 g/mol. The Balaban J connectivity index is 1.54. The van der Waals surface area contributed by atoms with Crippen molar-refractivity contribution in [2.45, 2.75) is 65.6 Å². The first-order valence-electron chi connectivity index (χ1n) is 8.31. The van der Waals surface area contributed by atoms with E-state index in [0.29, 0.717) is 25.0 Å². The Morgan fingerprint density at radius 2 is 2.27 bits per heavy atom. The monoisotopic (exact) mass is 305 g/mol. The van der Waals surface area contributed by atoms with Gasteiger partial charge in [-0.3, -0.25) is 9.48 Å². The van der Waals surface area contributed by atoms with Crippen molar-refractivity contribution >= 4 is 5.91 Å². The van der Waals surface area contributed by atoms with Crippen LogP contribution in [0.4, 0.5) is 0 Å². The Morgan fingerprint density at radius 1 is 1.50 bits per heavy atom. The normalized spacial score (nSPS) is 29.5. The minimum Gasteiger partial charge on any atom is -0.377 e. The van der Waals surface area contributed by atoms with Crippen LogP contribution in [0.25, 0.3) is 0 Å². The summed E-state index contributed by atoms with van der Waals surface area (Å²) in [5, 5.41) is 7.65. The molecule has 122 valence electrons. The summed E-state index contributed by atoms with van der Waals surface area (Å²) in [6.45, 7) is 9.91. The summed E-state index contributed by atoms with van der Waals surface area (Å²) in [4.78, 5) is 12.3. The third-order valence-corrected chi connectivity index (χ3v) is 5.30. The zero-order chi connectivity index (χ0) is 15.9. The van der Waals surface area contributed by atoms with E-state index in [1.165, 1.54) is 0 Å². The van der Waals surface area contributed by atoms with Crippen LogP contribution < -0.4 is 5.32 Å². The third-order valence-electron chi connectivity index (χ3n) is 5.30. The quantitative estimate of drug-likeness (QED) is 0.928. The minimum absolute atomic E-state index is 0.0406. The molecule has 1 N–H and O–H groups in total. The van der Waals surface area contributed by atoms with Crippen LogP contribution in [0.5, 0.6) is 0 Å². The van der Waals surface area contributed by atoms with Gasteiger partial charge in [0.2, 0.25) is 5.91 Å². The van der Waals surface area contributed by atoms with E-state index < -0.39 is 0 Å². The number of aromatic nitrogens is 2. The largest absolute Gasteiger partial charge is 0.377 e. The van der Waals surface area contributed by atoms with E-state index >= 15 is 0 Å². The molecule has 1 aromatic heterocycles. The smallest absolute Gasteiger partial charge is 0.222 e. The van der Waals surface area contributed by atoms with E-state index in [-0.39, 0.29) is 17.4 Å². The lowest BCUT2D eigenvalue weighted by molar-refractivity contribution is -0.193. The van der Waals surface area contributed by atoms with E-state index in [9.17, 15) is 4.79 Å². The molecule has 0 radical (unpaired) electrons. The molecule has 1 saturated heterocycles. The molecule has 5 nitrogen and oxygen atoms in total. The van der Waals surface area contributed by atoms with Crippen molar-refractivity contribution in [2.24, 2.45) is 11.3 Å². The molecule has 0 aromatic carbocycles. The summed E-state index contributed by atoms with van der Waals surface area (Å²) in [5.41, 5.74) is 2.15. The summed E-state index contributed by atoms with van der Waals surface area (Å²) >= 11 is 0. The highest BCUT2D eigenvalue weighted by molar-refractivity contribution is 5.76. The Kier molecular flexibility index (Phi) is 4.02. The molecule has 3 rings (SSSR count). The van der Waals surface area contributed by atoms with Gasteiger partial charge in [-0.2, -0.15) is 5.10 Å². The van der Waals surface area contributed by atoms with Crippen LogP contribution in [0.2, 0.25) is 0 Å². The number of hydrogen-bond acceptors (Lipinski definition) is 3. The number of nitrogens with one attached hydrogen (secondary N) is 1. The van der Waals surface area contributed by atoms with Crippen LogP contribution in [0, 0.1) is 25.2 Å². The summed E-state index contributed by atoms with van der Waals surface area (Å²) in [6.07, 6.45) is 3.06. The molecule has 3 atom stereocenters. The number of nitrogens with zero attached hydrogens (tertiary/aromatic N) is 2. The zero-order valence-corrected chi connectivity index (χ0v) is 14.1. The van der Waals surface area contributed by atoms with Gasteiger partial charge in [-0.05, 0) is 32.8 Å². The lowest BCUT2D eigenvalue weighted by Gasteiger charge is -2.59. The molecule has 2 heterocycles. The fraction of sp³-hybridized carbons (Fsp3) is 0.765. The van der Waals surface area contributed by atoms with E-state index in [2.05, 4.69) is 24.3 Å². The maximum Gasteiger partial charge on any atom is 0.222 e. The van der Waals surface area contributed by atoms with Gasteiger partial charge < -0.3 is 10.1 Å². The molecular formula is C17H27N3O2. The highest BCUT2D eigenvalue weighted by atomic mass is 16.5. The van der Waals surface area contributed by atoms with Crippen molar-refractivity contribution in [1.29, 1.82) is 0 Å². The zero-order valence-electron chi connectivity index (χ0n) is 14.1. The van der Waals surface area contributed by atoms with Crippen LogP contribution in [0.15, 0.2) is 6.07 Å².